The molecule has 118 valence electrons. The molecule has 0 aliphatic heterocycles. The molecule has 0 bridgehead atoms. The van der Waals surface area contributed by atoms with Crippen LogP contribution in [-0.4, -0.2) is 30.5 Å². The van der Waals surface area contributed by atoms with E-state index in [1.54, 1.807) is 0 Å². The average Bonchev–Trinajstić information content (AvgIpc) is 2.44. The van der Waals surface area contributed by atoms with E-state index in [2.05, 4.69) is 46.8 Å². The van der Waals surface area contributed by atoms with Crippen molar-refractivity contribution in [2.45, 2.75) is 52.9 Å². The Balaban J connectivity index is 2.56. The lowest BCUT2D eigenvalue weighted by Crippen LogP contribution is -2.36. The Hall–Kier alpha value is -1.51. The first-order valence-corrected chi connectivity index (χ1v) is 7.89. The van der Waals surface area contributed by atoms with E-state index in [-0.39, 0.29) is 17.9 Å². The fourth-order valence-corrected chi connectivity index (χ4v) is 2.19. The van der Waals surface area contributed by atoms with Crippen LogP contribution in [0.15, 0.2) is 24.3 Å². The maximum atomic E-state index is 12.1. The molecule has 0 N–H and O–H groups in total. The van der Waals surface area contributed by atoms with Crippen LogP contribution < -0.4 is 4.74 Å². The predicted molar refractivity (Wildman–Crippen MR) is 87.8 cm³/mol. The van der Waals surface area contributed by atoms with E-state index in [1.165, 1.54) is 5.56 Å². The van der Waals surface area contributed by atoms with Gasteiger partial charge in [-0.3, -0.25) is 4.79 Å². The second-order valence-corrected chi connectivity index (χ2v) is 6.44. The maximum absolute atomic E-state index is 12.1. The van der Waals surface area contributed by atoms with Gasteiger partial charge in [0.2, 0.25) is 0 Å². The van der Waals surface area contributed by atoms with Crippen LogP contribution in [0, 0.1) is 0 Å². The van der Waals surface area contributed by atoms with Gasteiger partial charge in [-0.25, -0.2) is 0 Å². The molecule has 0 aromatic heterocycles. The molecule has 0 spiro atoms. The summed E-state index contributed by atoms with van der Waals surface area (Å²) in [6.07, 6.45) is 1.96. The van der Waals surface area contributed by atoms with Gasteiger partial charge in [0.05, 0.1) is 0 Å². The average molecular weight is 291 g/mol. The van der Waals surface area contributed by atoms with E-state index in [9.17, 15) is 4.79 Å². The number of nitrogens with zero attached hydrogens (tertiary/aromatic N) is 1. The Morgan fingerprint density at radius 1 is 1.05 bits per heavy atom. The molecule has 1 amide bonds. The lowest BCUT2D eigenvalue weighted by molar-refractivity contribution is -0.133. The van der Waals surface area contributed by atoms with Crippen molar-refractivity contribution in [1.82, 2.24) is 4.90 Å². The quantitative estimate of drug-likeness (QED) is 0.759. The SMILES string of the molecule is CCCN(CCC)C(=O)COc1ccc(C(C)(C)C)cc1. The molecule has 1 aromatic rings. The molecular formula is C18H29NO2. The van der Waals surface area contributed by atoms with Gasteiger partial charge in [0.25, 0.3) is 5.91 Å². The van der Waals surface area contributed by atoms with E-state index in [0.717, 1.165) is 31.7 Å². The van der Waals surface area contributed by atoms with Crippen molar-refractivity contribution in [3.63, 3.8) is 0 Å². The largest absolute Gasteiger partial charge is 0.484 e. The summed E-state index contributed by atoms with van der Waals surface area (Å²) < 4.78 is 5.62. The standard InChI is InChI=1S/C18H29NO2/c1-6-12-19(13-7-2)17(20)14-21-16-10-8-15(9-11-16)18(3,4)5/h8-11H,6-7,12-14H2,1-5H3. The zero-order chi connectivity index (χ0) is 15.9. The Morgan fingerprint density at radius 2 is 1.57 bits per heavy atom. The van der Waals surface area contributed by atoms with E-state index in [4.69, 9.17) is 4.74 Å². The van der Waals surface area contributed by atoms with Gasteiger partial charge in [-0.1, -0.05) is 46.8 Å². The minimum atomic E-state index is 0.0681. The van der Waals surface area contributed by atoms with Gasteiger partial charge in [0.1, 0.15) is 5.75 Å². The molecule has 0 radical (unpaired) electrons. The van der Waals surface area contributed by atoms with Crippen LogP contribution in [-0.2, 0) is 10.2 Å². The number of benzene rings is 1. The van der Waals surface area contributed by atoms with E-state index < -0.39 is 0 Å². The van der Waals surface area contributed by atoms with E-state index in [0.29, 0.717) is 0 Å². The summed E-state index contributed by atoms with van der Waals surface area (Å²) in [6.45, 7) is 12.4. The maximum Gasteiger partial charge on any atom is 0.260 e. The highest BCUT2D eigenvalue weighted by Crippen LogP contribution is 2.24. The highest BCUT2D eigenvalue weighted by molar-refractivity contribution is 5.77. The van der Waals surface area contributed by atoms with Gasteiger partial charge in [0.15, 0.2) is 6.61 Å². The number of carbonyl (C=O) groups excluding carboxylic acids is 1. The van der Waals surface area contributed by atoms with Gasteiger partial charge in [0, 0.05) is 13.1 Å². The fourth-order valence-electron chi connectivity index (χ4n) is 2.19. The van der Waals surface area contributed by atoms with Crippen LogP contribution in [0.3, 0.4) is 0 Å². The minimum absolute atomic E-state index is 0.0681. The molecule has 0 aliphatic carbocycles. The Morgan fingerprint density at radius 3 is 2.00 bits per heavy atom. The summed E-state index contributed by atoms with van der Waals surface area (Å²) in [7, 11) is 0. The van der Waals surface area contributed by atoms with Crippen LogP contribution in [0.2, 0.25) is 0 Å². The molecular weight excluding hydrogens is 262 g/mol. The lowest BCUT2D eigenvalue weighted by atomic mass is 9.87. The molecule has 1 rings (SSSR count). The van der Waals surface area contributed by atoms with Crippen molar-refractivity contribution in [3.05, 3.63) is 29.8 Å². The van der Waals surface area contributed by atoms with E-state index >= 15 is 0 Å². The van der Waals surface area contributed by atoms with Crippen LogP contribution in [0.4, 0.5) is 0 Å². The third-order valence-electron chi connectivity index (χ3n) is 3.42. The Labute approximate surface area is 129 Å². The zero-order valence-electron chi connectivity index (χ0n) is 14.1. The molecule has 0 fully saturated rings. The molecule has 3 nitrogen and oxygen atoms in total. The number of rotatable bonds is 7. The summed E-state index contributed by atoms with van der Waals surface area (Å²) in [5.41, 5.74) is 1.40. The van der Waals surface area contributed by atoms with Gasteiger partial charge in [-0.05, 0) is 36.0 Å². The molecule has 0 saturated carbocycles. The Bertz CT molecular complexity index is 426. The molecule has 0 atom stereocenters. The number of hydrogen-bond donors (Lipinski definition) is 0. The van der Waals surface area contributed by atoms with Crippen molar-refractivity contribution in [2.75, 3.05) is 19.7 Å². The predicted octanol–water partition coefficient (Wildman–Crippen LogP) is 4.01. The smallest absolute Gasteiger partial charge is 0.260 e. The monoisotopic (exact) mass is 291 g/mol. The van der Waals surface area contributed by atoms with Crippen LogP contribution >= 0.6 is 0 Å². The first-order valence-electron chi connectivity index (χ1n) is 7.89. The summed E-state index contributed by atoms with van der Waals surface area (Å²) >= 11 is 0. The van der Waals surface area contributed by atoms with Crippen molar-refractivity contribution < 1.29 is 9.53 Å². The molecule has 0 aliphatic rings. The van der Waals surface area contributed by atoms with Gasteiger partial charge in [-0.2, -0.15) is 0 Å². The second-order valence-electron chi connectivity index (χ2n) is 6.44. The highest BCUT2D eigenvalue weighted by Gasteiger charge is 2.14. The number of amides is 1. The van der Waals surface area contributed by atoms with Gasteiger partial charge >= 0.3 is 0 Å². The second kappa shape index (κ2) is 8.06. The molecule has 3 heteroatoms. The summed E-state index contributed by atoms with van der Waals surface area (Å²) in [6, 6.07) is 8.01. The molecule has 0 unspecified atom stereocenters. The normalized spacial score (nSPS) is 11.3. The fraction of sp³-hybridized carbons (Fsp3) is 0.611. The Kier molecular flexibility index (Phi) is 6.73. The van der Waals surface area contributed by atoms with Gasteiger partial charge < -0.3 is 9.64 Å². The van der Waals surface area contributed by atoms with Crippen LogP contribution in [0.25, 0.3) is 0 Å². The lowest BCUT2D eigenvalue weighted by Gasteiger charge is -2.22. The molecule has 21 heavy (non-hydrogen) atoms. The van der Waals surface area contributed by atoms with E-state index in [1.807, 2.05) is 17.0 Å². The van der Waals surface area contributed by atoms with Crippen molar-refractivity contribution in [1.29, 1.82) is 0 Å². The topological polar surface area (TPSA) is 29.5 Å². The number of carbonyl (C=O) groups is 1. The summed E-state index contributed by atoms with van der Waals surface area (Å²) in [5, 5.41) is 0. The molecule has 0 heterocycles. The molecule has 0 saturated heterocycles. The molecule has 1 aromatic carbocycles. The third-order valence-corrected chi connectivity index (χ3v) is 3.42. The van der Waals surface area contributed by atoms with Crippen molar-refractivity contribution in [2.24, 2.45) is 0 Å². The van der Waals surface area contributed by atoms with Crippen molar-refractivity contribution >= 4 is 5.91 Å². The number of ether oxygens (including phenoxy) is 1. The summed E-state index contributed by atoms with van der Waals surface area (Å²) in [4.78, 5) is 14.0. The first-order chi connectivity index (χ1) is 9.88. The van der Waals surface area contributed by atoms with Crippen molar-refractivity contribution in [3.8, 4) is 5.75 Å². The van der Waals surface area contributed by atoms with Gasteiger partial charge in [-0.15, -0.1) is 0 Å². The van der Waals surface area contributed by atoms with Crippen LogP contribution in [0.1, 0.15) is 53.0 Å². The number of hydrogen-bond acceptors (Lipinski definition) is 2. The van der Waals surface area contributed by atoms with Crippen LogP contribution in [0.5, 0.6) is 5.75 Å². The summed E-state index contributed by atoms with van der Waals surface area (Å²) in [5.74, 6) is 0.822. The third kappa shape index (κ3) is 5.78. The first kappa shape index (κ1) is 17.5. The minimum Gasteiger partial charge on any atom is -0.484 e. The zero-order valence-corrected chi connectivity index (χ0v) is 14.1. The highest BCUT2D eigenvalue weighted by atomic mass is 16.5.